The van der Waals surface area contributed by atoms with E-state index >= 15 is 0 Å². The smallest absolute Gasteiger partial charge is 0.241 e. The maximum atomic E-state index is 12.7. The highest BCUT2D eigenvalue weighted by Crippen LogP contribution is 2.21. The molecule has 0 spiro atoms. The molecule has 0 aliphatic rings. The van der Waals surface area contributed by atoms with Crippen molar-refractivity contribution in [1.29, 1.82) is 0 Å². The first-order valence-electron chi connectivity index (χ1n) is 9.53. The summed E-state index contributed by atoms with van der Waals surface area (Å²) in [5.74, 6) is -0.0976. The van der Waals surface area contributed by atoms with Crippen LogP contribution in [0.25, 0.3) is 0 Å². The molecule has 2 aromatic rings. The number of sulfonamides is 1. The topological polar surface area (TPSA) is 66.5 Å². The van der Waals surface area contributed by atoms with Gasteiger partial charge in [0.1, 0.15) is 0 Å². The molecule has 0 aliphatic carbocycles. The number of carbonyl (C=O) groups is 1. The minimum absolute atomic E-state index is 0.0764. The normalized spacial score (nSPS) is 11.5. The first-order valence-corrected chi connectivity index (χ1v) is 11.0. The zero-order valence-electron chi connectivity index (χ0n) is 17.4. The third-order valence-corrected chi connectivity index (χ3v) is 6.55. The fourth-order valence-electron chi connectivity index (χ4n) is 3.39. The maximum Gasteiger partial charge on any atom is 0.241 e. The molecule has 0 aromatic heterocycles. The SMILES string of the molecule is CCc1ccc(CN(C)C(=O)CCNS(=O)(=O)c2c(C)cc(C)cc2C)cc1. The fraction of sp³-hybridized carbons (Fsp3) is 0.409. The van der Waals surface area contributed by atoms with Crippen LogP contribution in [-0.2, 0) is 27.8 Å². The molecule has 5 nitrogen and oxygen atoms in total. The van der Waals surface area contributed by atoms with Crippen LogP contribution in [0.2, 0.25) is 0 Å². The molecule has 6 heteroatoms. The molecule has 1 N–H and O–H groups in total. The van der Waals surface area contributed by atoms with Crippen molar-refractivity contribution in [3.8, 4) is 0 Å². The lowest BCUT2D eigenvalue weighted by molar-refractivity contribution is -0.130. The van der Waals surface area contributed by atoms with Gasteiger partial charge in [-0.2, -0.15) is 0 Å². The van der Waals surface area contributed by atoms with Crippen LogP contribution in [0.3, 0.4) is 0 Å². The number of amides is 1. The Morgan fingerprint density at radius 3 is 2.07 bits per heavy atom. The molecule has 0 unspecified atom stereocenters. The first kappa shape index (κ1) is 22.1. The number of rotatable bonds is 8. The van der Waals surface area contributed by atoms with E-state index in [1.54, 1.807) is 25.8 Å². The Morgan fingerprint density at radius 2 is 1.54 bits per heavy atom. The molecule has 0 atom stereocenters. The standard InChI is InChI=1S/C22H30N2O3S/c1-6-19-7-9-20(10-8-19)15-24(5)21(25)11-12-23-28(26,27)22-17(3)13-16(2)14-18(22)4/h7-10,13-14,23H,6,11-12,15H2,1-5H3. The predicted molar refractivity (Wildman–Crippen MR) is 113 cm³/mol. The average Bonchev–Trinajstić information content (AvgIpc) is 2.60. The number of benzene rings is 2. The van der Waals surface area contributed by atoms with Crippen LogP contribution in [0.5, 0.6) is 0 Å². The van der Waals surface area contributed by atoms with Crippen molar-refractivity contribution in [2.75, 3.05) is 13.6 Å². The summed E-state index contributed by atoms with van der Waals surface area (Å²) in [5, 5.41) is 0. The van der Waals surface area contributed by atoms with E-state index in [1.807, 2.05) is 31.2 Å². The summed E-state index contributed by atoms with van der Waals surface area (Å²) in [6.45, 7) is 8.20. The second-order valence-electron chi connectivity index (χ2n) is 7.30. The van der Waals surface area contributed by atoms with Gasteiger partial charge in [-0.25, -0.2) is 13.1 Å². The Hall–Kier alpha value is -2.18. The van der Waals surface area contributed by atoms with Crippen LogP contribution in [0.15, 0.2) is 41.3 Å². The molecule has 2 rings (SSSR count). The average molecular weight is 403 g/mol. The molecule has 0 aliphatic heterocycles. The Balaban J connectivity index is 1.93. The van der Waals surface area contributed by atoms with Crippen molar-refractivity contribution >= 4 is 15.9 Å². The summed E-state index contributed by atoms with van der Waals surface area (Å²) in [4.78, 5) is 14.3. The number of carbonyl (C=O) groups excluding carboxylic acids is 1. The monoisotopic (exact) mass is 402 g/mol. The summed E-state index contributed by atoms with van der Waals surface area (Å²) in [6, 6.07) is 11.9. The Kier molecular flexibility index (Phi) is 7.38. The maximum absolute atomic E-state index is 12.7. The lowest BCUT2D eigenvalue weighted by Gasteiger charge is -2.18. The van der Waals surface area contributed by atoms with Gasteiger partial charge in [-0.1, -0.05) is 48.9 Å². The van der Waals surface area contributed by atoms with Crippen molar-refractivity contribution in [2.45, 2.75) is 52.0 Å². The third kappa shape index (κ3) is 5.66. The van der Waals surface area contributed by atoms with E-state index in [4.69, 9.17) is 0 Å². The summed E-state index contributed by atoms with van der Waals surface area (Å²) >= 11 is 0. The molecule has 1 amide bonds. The summed E-state index contributed by atoms with van der Waals surface area (Å²) in [6.07, 6.45) is 1.10. The van der Waals surface area contributed by atoms with Gasteiger partial charge in [-0.3, -0.25) is 4.79 Å². The summed E-state index contributed by atoms with van der Waals surface area (Å²) < 4.78 is 27.9. The molecular weight excluding hydrogens is 372 g/mol. The highest BCUT2D eigenvalue weighted by Gasteiger charge is 2.20. The molecule has 2 aromatic carbocycles. The minimum Gasteiger partial charge on any atom is -0.341 e. The molecule has 152 valence electrons. The summed E-state index contributed by atoms with van der Waals surface area (Å²) in [7, 11) is -1.91. The molecular formula is C22H30N2O3S. The predicted octanol–water partition coefficient (Wildman–Crippen LogP) is 3.50. The van der Waals surface area contributed by atoms with E-state index in [9.17, 15) is 13.2 Å². The van der Waals surface area contributed by atoms with Crippen LogP contribution >= 0.6 is 0 Å². The quantitative estimate of drug-likeness (QED) is 0.735. The van der Waals surface area contributed by atoms with E-state index in [0.717, 1.165) is 17.5 Å². The Labute approximate surface area is 168 Å². The van der Waals surface area contributed by atoms with Gasteiger partial charge in [-0.15, -0.1) is 0 Å². The minimum atomic E-state index is -3.65. The summed E-state index contributed by atoms with van der Waals surface area (Å²) in [5.41, 5.74) is 4.76. The molecule has 0 bridgehead atoms. The van der Waals surface area contributed by atoms with Crippen molar-refractivity contribution in [2.24, 2.45) is 0 Å². The fourth-order valence-corrected chi connectivity index (χ4v) is 4.87. The van der Waals surface area contributed by atoms with Crippen molar-refractivity contribution in [1.82, 2.24) is 9.62 Å². The molecule has 0 radical (unpaired) electrons. The highest BCUT2D eigenvalue weighted by atomic mass is 32.2. The molecule has 28 heavy (non-hydrogen) atoms. The molecule has 0 fully saturated rings. The lowest BCUT2D eigenvalue weighted by Crippen LogP contribution is -2.32. The second kappa shape index (κ2) is 9.34. The van der Waals surface area contributed by atoms with E-state index in [1.165, 1.54) is 5.56 Å². The van der Waals surface area contributed by atoms with Gasteiger partial charge in [-0.05, 0) is 49.4 Å². The van der Waals surface area contributed by atoms with Crippen LogP contribution in [-0.4, -0.2) is 32.8 Å². The number of hydrogen-bond acceptors (Lipinski definition) is 3. The highest BCUT2D eigenvalue weighted by molar-refractivity contribution is 7.89. The van der Waals surface area contributed by atoms with Gasteiger partial charge in [0.15, 0.2) is 0 Å². The number of aryl methyl sites for hydroxylation is 4. The number of nitrogens with one attached hydrogen (secondary N) is 1. The van der Waals surface area contributed by atoms with Gasteiger partial charge in [0.05, 0.1) is 4.90 Å². The number of nitrogens with zero attached hydrogens (tertiary/aromatic N) is 1. The molecule has 0 saturated heterocycles. The second-order valence-corrected chi connectivity index (χ2v) is 9.00. The van der Waals surface area contributed by atoms with Crippen molar-refractivity contribution in [3.63, 3.8) is 0 Å². The molecule has 0 saturated carbocycles. The van der Waals surface area contributed by atoms with E-state index in [2.05, 4.69) is 23.8 Å². The van der Waals surface area contributed by atoms with Crippen LogP contribution < -0.4 is 4.72 Å². The zero-order chi connectivity index (χ0) is 20.9. The Morgan fingerprint density at radius 1 is 1.00 bits per heavy atom. The van der Waals surface area contributed by atoms with E-state index < -0.39 is 10.0 Å². The van der Waals surface area contributed by atoms with Crippen LogP contribution in [0.4, 0.5) is 0 Å². The largest absolute Gasteiger partial charge is 0.341 e. The van der Waals surface area contributed by atoms with E-state index in [0.29, 0.717) is 22.6 Å². The third-order valence-electron chi connectivity index (χ3n) is 4.78. The van der Waals surface area contributed by atoms with Crippen LogP contribution in [0.1, 0.15) is 41.2 Å². The van der Waals surface area contributed by atoms with E-state index in [-0.39, 0.29) is 18.9 Å². The number of hydrogen-bond donors (Lipinski definition) is 1. The molecule has 0 heterocycles. The lowest BCUT2D eigenvalue weighted by atomic mass is 10.1. The zero-order valence-corrected chi connectivity index (χ0v) is 18.2. The van der Waals surface area contributed by atoms with Gasteiger partial charge in [0, 0.05) is 26.6 Å². The van der Waals surface area contributed by atoms with Gasteiger partial charge in [0.2, 0.25) is 15.9 Å². The first-order chi connectivity index (χ1) is 13.1. The Bertz CT molecular complexity index is 912. The van der Waals surface area contributed by atoms with Gasteiger partial charge in [0.25, 0.3) is 0 Å². The van der Waals surface area contributed by atoms with Gasteiger partial charge >= 0.3 is 0 Å². The van der Waals surface area contributed by atoms with Crippen LogP contribution in [0, 0.1) is 20.8 Å². The van der Waals surface area contributed by atoms with Crippen molar-refractivity contribution in [3.05, 3.63) is 64.2 Å². The van der Waals surface area contributed by atoms with Crippen molar-refractivity contribution < 1.29 is 13.2 Å². The van der Waals surface area contributed by atoms with Gasteiger partial charge < -0.3 is 4.90 Å².